The van der Waals surface area contributed by atoms with Crippen molar-refractivity contribution in [3.05, 3.63) is 59.2 Å². The van der Waals surface area contributed by atoms with Gasteiger partial charge >= 0.3 is 11.9 Å². The average molecular weight is 455 g/mol. The van der Waals surface area contributed by atoms with E-state index in [0.717, 1.165) is 24.0 Å². The number of hydrogen-bond donors (Lipinski definition) is 2. The number of nitrogens with one attached hydrogen (secondary N) is 2. The largest absolute Gasteiger partial charge is 0.462 e. The van der Waals surface area contributed by atoms with Gasteiger partial charge in [0.2, 0.25) is 5.91 Å². The van der Waals surface area contributed by atoms with Crippen molar-refractivity contribution < 1.29 is 28.7 Å². The molecule has 0 aliphatic heterocycles. The number of carbonyl (C=O) groups excluding carboxylic acids is 4. The summed E-state index contributed by atoms with van der Waals surface area (Å²) in [6.45, 7) is 5.76. The van der Waals surface area contributed by atoms with Crippen molar-refractivity contribution in [2.45, 2.75) is 46.5 Å². The maximum Gasteiger partial charge on any atom is 0.338 e. The fraction of sp³-hybridized carbons (Fsp3) is 0.360. The van der Waals surface area contributed by atoms with Crippen LogP contribution in [0.25, 0.3) is 0 Å². The molecule has 2 aromatic carbocycles. The van der Waals surface area contributed by atoms with E-state index in [1.54, 1.807) is 24.3 Å². The van der Waals surface area contributed by atoms with Gasteiger partial charge in [-0.2, -0.15) is 0 Å². The van der Waals surface area contributed by atoms with Gasteiger partial charge in [0.15, 0.2) is 6.61 Å². The summed E-state index contributed by atoms with van der Waals surface area (Å²) in [5, 5.41) is 5.33. The summed E-state index contributed by atoms with van der Waals surface area (Å²) in [6.07, 6.45) is 1.54. The van der Waals surface area contributed by atoms with Crippen LogP contribution in [0.1, 0.15) is 54.1 Å². The minimum atomic E-state index is -0.647. The zero-order chi connectivity index (χ0) is 24.2. The van der Waals surface area contributed by atoms with Crippen LogP contribution in [0.4, 0.5) is 11.4 Å². The van der Waals surface area contributed by atoms with Gasteiger partial charge in [-0.1, -0.05) is 31.0 Å². The molecule has 0 aliphatic rings. The second-order valence-electron chi connectivity index (χ2n) is 7.64. The Morgan fingerprint density at radius 3 is 2.24 bits per heavy atom. The zero-order valence-electron chi connectivity index (χ0n) is 19.2. The van der Waals surface area contributed by atoms with Gasteiger partial charge < -0.3 is 20.1 Å². The molecule has 33 heavy (non-hydrogen) atoms. The highest BCUT2D eigenvalue weighted by Gasteiger charge is 2.12. The third-order valence-corrected chi connectivity index (χ3v) is 4.71. The standard InChI is InChI=1S/C25H30N2O6/c1-4-5-14-32-25(31)19-7-9-20(10-8-19)26-23(29)16-33-24(30)13-12-22(28)27-21-11-6-17(2)15-18(21)3/h6-11,15H,4-5,12-14,16H2,1-3H3,(H,26,29)(H,27,28). The molecule has 0 atom stereocenters. The van der Waals surface area contributed by atoms with Gasteiger partial charge in [0, 0.05) is 17.8 Å². The molecule has 0 saturated carbocycles. The van der Waals surface area contributed by atoms with Crippen LogP contribution in [0.3, 0.4) is 0 Å². The molecule has 0 bridgehead atoms. The van der Waals surface area contributed by atoms with E-state index in [2.05, 4.69) is 10.6 Å². The first kappa shape index (κ1) is 25.6. The Labute approximate surface area is 193 Å². The Bertz CT molecular complexity index is 985. The molecular weight excluding hydrogens is 424 g/mol. The molecular formula is C25H30N2O6. The minimum Gasteiger partial charge on any atom is -0.462 e. The predicted octanol–water partition coefficient (Wildman–Crippen LogP) is 4.16. The molecule has 2 aromatic rings. The van der Waals surface area contributed by atoms with Crippen LogP contribution in [0.5, 0.6) is 0 Å². The lowest BCUT2D eigenvalue weighted by atomic mass is 10.1. The normalized spacial score (nSPS) is 10.3. The number of carbonyl (C=O) groups is 4. The Hall–Kier alpha value is -3.68. The van der Waals surface area contributed by atoms with E-state index in [0.29, 0.717) is 23.5 Å². The minimum absolute atomic E-state index is 0.0520. The Morgan fingerprint density at radius 1 is 0.848 bits per heavy atom. The molecule has 0 saturated heterocycles. The van der Waals surface area contributed by atoms with Gasteiger partial charge in [0.25, 0.3) is 5.91 Å². The summed E-state index contributed by atoms with van der Waals surface area (Å²) >= 11 is 0. The van der Waals surface area contributed by atoms with Gasteiger partial charge in [-0.3, -0.25) is 14.4 Å². The van der Waals surface area contributed by atoms with Crippen LogP contribution >= 0.6 is 0 Å². The number of benzene rings is 2. The monoisotopic (exact) mass is 454 g/mol. The highest BCUT2D eigenvalue weighted by Crippen LogP contribution is 2.16. The summed E-state index contributed by atoms with van der Waals surface area (Å²) in [5.74, 6) is -1.90. The van der Waals surface area contributed by atoms with Crippen molar-refractivity contribution >= 4 is 35.1 Å². The molecule has 0 radical (unpaired) electrons. The lowest BCUT2D eigenvalue weighted by Gasteiger charge is -2.09. The fourth-order valence-corrected chi connectivity index (χ4v) is 2.88. The lowest BCUT2D eigenvalue weighted by Crippen LogP contribution is -2.22. The number of hydrogen-bond acceptors (Lipinski definition) is 6. The lowest BCUT2D eigenvalue weighted by molar-refractivity contribution is -0.147. The number of esters is 2. The molecule has 0 aromatic heterocycles. The Kier molecular flexibility index (Phi) is 10.1. The summed E-state index contributed by atoms with van der Waals surface area (Å²) in [7, 11) is 0. The van der Waals surface area contributed by atoms with Crippen LogP contribution in [-0.2, 0) is 23.9 Å². The van der Waals surface area contributed by atoms with E-state index < -0.39 is 24.5 Å². The van der Waals surface area contributed by atoms with Gasteiger partial charge in [-0.15, -0.1) is 0 Å². The van der Waals surface area contributed by atoms with Crippen molar-refractivity contribution in [1.82, 2.24) is 0 Å². The Morgan fingerprint density at radius 2 is 1.58 bits per heavy atom. The van der Waals surface area contributed by atoms with Crippen molar-refractivity contribution in [3.8, 4) is 0 Å². The molecule has 0 spiro atoms. The molecule has 0 fully saturated rings. The summed E-state index contributed by atoms with van der Waals surface area (Å²) in [5.41, 5.74) is 3.56. The summed E-state index contributed by atoms with van der Waals surface area (Å²) in [6, 6.07) is 11.9. The molecule has 0 unspecified atom stereocenters. The first-order valence-corrected chi connectivity index (χ1v) is 10.9. The number of aryl methyl sites for hydroxylation is 2. The van der Waals surface area contributed by atoms with Gasteiger partial charge in [0.1, 0.15) is 0 Å². The van der Waals surface area contributed by atoms with Crippen molar-refractivity contribution in [2.24, 2.45) is 0 Å². The van der Waals surface area contributed by atoms with Crippen molar-refractivity contribution in [3.63, 3.8) is 0 Å². The zero-order valence-corrected chi connectivity index (χ0v) is 19.2. The molecule has 2 rings (SSSR count). The molecule has 2 N–H and O–H groups in total. The van der Waals surface area contributed by atoms with E-state index in [1.165, 1.54) is 0 Å². The molecule has 8 nitrogen and oxygen atoms in total. The van der Waals surface area contributed by atoms with E-state index in [4.69, 9.17) is 9.47 Å². The Balaban J connectivity index is 1.69. The maximum absolute atomic E-state index is 12.1. The van der Waals surface area contributed by atoms with Crippen molar-refractivity contribution in [1.29, 1.82) is 0 Å². The third kappa shape index (κ3) is 9.14. The van der Waals surface area contributed by atoms with E-state index in [9.17, 15) is 19.2 Å². The quantitative estimate of drug-likeness (QED) is 0.390. The van der Waals surface area contributed by atoms with Crippen LogP contribution in [0.15, 0.2) is 42.5 Å². The van der Waals surface area contributed by atoms with Gasteiger partial charge in [-0.25, -0.2) is 4.79 Å². The van der Waals surface area contributed by atoms with Crippen LogP contribution in [0, 0.1) is 13.8 Å². The number of anilines is 2. The van der Waals surface area contributed by atoms with E-state index in [1.807, 2.05) is 39.0 Å². The predicted molar refractivity (Wildman–Crippen MR) is 125 cm³/mol. The van der Waals surface area contributed by atoms with Crippen molar-refractivity contribution in [2.75, 3.05) is 23.8 Å². The third-order valence-electron chi connectivity index (χ3n) is 4.71. The average Bonchev–Trinajstić information content (AvgIpc) is 2.79. The second kappa shape index (κ2) is 13.0. The van der Waals surface area contributed by atoms with Gasteiger partial charge in [0.05, 0.1) is 18.6 Å². The number of ether oxygens (including phenoxy) is 2. The molecule has 2 amide bonds. The summed E-state index contributed by atoms with van der Waals surface area (Å²) in [4.78, 5) is 47.8. The number of unbranched alkanes of at least 4 members (excludes halogenated alkanes) is 1. The van der Waals surface area contributed by atoms with E-state index in [-0.39, 0.29) is 18.7 Å². The molecule has 8 heteroatoms. The molecule has 0 aliphatic carbocycles. The van der Waals surface area contributed by atoms with Crippen LogP contribution in [0.2, 0.25) is 0 Å². The SMILES string of the molecule is CCCCOC(=O)c1ccc(NC(=O)COC(=O)CCC(=O)Nc2ccc(C)cc2C)cc1. The number of rotatable bonds is 11. The molecule has 176 valence electrons. The molecule has 0 heterocycles. The number of amides is 2. The first-order valence-electron chi connectivity index (χ1n) is 10.9. The van der Waals surface area contributed by atoms with Crippen LogP contribution < -0.4 is 10.6 Å². The topological polar surface area (TPSA) is 111 Å². The fourth-order valence-electron chi connectivity index (χ4n) is 2.88. The van der Waals surface area contributed by atoms with Crippen LogP contribution in [-0.4, -0.2) is 37.0 Å². The van der Waals surface area contributed by atoms with Gasteiger partial charge in [-0.05, 0) is 56.2 Å². The smallest absolute Gasteiger partial charge is 0.338 e. The first-order chi connectivity index (χ1) is 15.8. The van der Waals surface area contributed by atoms with E-state index >= 15 is 0 Å². The second-order valence-corrected chi connectivity index (χ2v) is 7.64. The maximum atomic E-state index is 12.1. The summed E-state index contributed by atoms with van der Waals surface area (Å²) < 4.78 is 10.1. The highest BCUT2D eigenvalue weighted by molar-refractivity contribution is 5.95. The highest BCUT2D eigenvalue weighted by atomic mass is 16.5.